The molecule has 1 fully saturated rings. The predicted molar refractivity (Wildman–Crippen MR) is 88.7 cm³/mol. The van der Waals surface area contributed by atoms with E-state index in [4.69, 9.17) is 4.74 Å². The summed E-state index contributed by atoms with van der Waals surface area (Å²) in [6.07, 6.45) is -0.670. The molecule has 1 N–H and O–H groups in total. The van der Waals surface area contributed by atoms with Crippen LogP contribution < -0.4 is 5.32 Å². The highest BCUT2D eigenvalue weighted by molar-refractivity contribution is 7.12. The molecule has 5 nitrogen and oxygen atoms in total. The Bertz CT molecular complexity index is 652. The number of hydrogen-bond donors (Lipinski definition) is 1. The molecule has 0 saturated carbocycles. The quantitative estimate of drug-likeness (QED) is 0.852. The number of rotatable bonds is 5. The van der Waals surface area contributed by atoms with E-state index in [0.29, 0.717) is 36.7 Å². The summed E-state index contributed by atoms with van der Waals surface area (Å²) in [5, 5.41) is 4.72. The van der Waals surface area contributed by atoms with Crippen molar-refractivity contribution >= 4 is 23.0 Å². The molecule has 0 bridgehead atoms. The van der Waals surface area contributed by atoms with Crippen molar-refractivity contribution in [1.82, 2.24) is 10.2 Å². The van der Waals surface area contributed by atoms with Crippen molar-refractivity contribution < 1.29 is 14.3 Å². The number of amides is 1. The van der Waals surface area contributed by atoms with Crippen molar-refractivity contribution in [2.24, 2.45) is 0 Å². The fourth-order valence-corrected chi connectivity index (χ4v) is 3.15. The third-order valence-corrected chi connectivity index (χ3v) is 4.60. The smallest absolute Gasteiger partial charge is 0.262 e. The van der Waals surface area contributed by atoms with Crippen LogP contribution in [0.3, 0.4) is 0 Å². The lowest BCUT2D eigenvalue weighted by atomic mass is 10.1. The van der Waals surface area contributed by atoms with Gasteiger partial charge in [0.15, 0.2) is 5.78 Å². The van der Waals surface area contributed by atoms with Crippen molar-refractivity contribution in [3.8, 4) is 0 Å². The lowest BCUT2D eigenvalue weighted by molar-refractivity contribution is 0.0111. The standard InChI is InChI=1S/C17H18N2O3S/c20-15(13-5-2-1-3-6-13)16(19-8-10-22-11-9-19)18-17(21)14-7-4-12-23-14/h1-7,12,16H,8-11H2,(H,18,21)/t16-/m0/s1. The Morgan fingerprint density at radius 2 is 1.83 bits per heavy atom. The highest BCUT2D eigenvalue weighted by atomic mass is 32.1. The lowest BCUT2D eigenvalue weighted by Gasteiger charge is -2.33. The van der Waals surface area contributed by atoms with Gasteiger partial charge in [0.25, 0.3) is 5.91 Å². The molecule has 23 heavy (non-hydrogen) atoms. The minimum Gasteiger partial charge on any atom is -0.379 e. The molecule has 6 heteroatoms. The van der Waals surface area contributed by atoms with Gasteiger partial charge in [-0.2, -0.15) is 0 Å². The van der Waals surface area contributed by atoms with Crippen LogP contribution in [0.1, 0.15) is 20.0 Å². The Kier molecular flexibility index (Phi) is 5.17. The summed E-state index contributed by atoms with van der Waals surface area (Å²) in [4.78, 5) is 27.8. The Hall–Kier alpha value is -2.02. The molecule has 1 aromatic heterocycles. The number of ether oxygens (including phenoxy) is 1. The Morgan fingerprint density at radius 3 is 2.48 bits per heavy atom. The molecule has 2 heterocycles. The van der Waals surface area contributed by atoms with Crippen molar-refractivity contribution in [2.45, 2.75) is 6.17 Å². The maximum atomic E-state index is 12.9. The van der Waals surface area contributed by atoms with Crippen molar-refractivity contribution in [2.75, 3.05) is 26.3 Å². The monoisotopic (exact) mass is 330 g/mol. The minimum atomic E-state index is -0.670. The van der Waals surface area contributed by atoms with Gasteiger partial charge in [-0.15, -0.1) is 11.3 Å². The lowest BCUT2D eigenvalue weighted by Crippen LogP contribution is -2.56. The molecule has 0 radical (unpaired) electrons. The van der Waals surface area contributed by atoms with Crippen molar-refractivity contribution in [3.05, 3.63) is 58.3 Å². The number of ketones is 1. The zero-order valence-electron chi connectivity index (χ0n) is 12.6. The number of benzene rings is 1. The second kappa shape index (κ2) is 7.50. The first-order valence-electron chi connectivity index (χ1n) is 7.51. The summed E-state index contributed by atoms with van der Waals surface area (Å²) in [7, 11) is 0. The maximum Gasteiger partial charge on any atom is 0.262 e. The number of nitrogens with one attached hydrogen (secondary N) is 1. The number of carbonyl (C=O) groups excluding carboxylic acids is 2. The van der Waals surface area contributed by atoms with Crippen LogP contribution in [0, 0.1) is 0 Å². The molecular weight excluding hydrogens is 312 g/mol. The average molecular weight is 330 g/mol. The van der Waals surface area contributed by atoms with E-state index in [1.807, 2.05) is 34.5 Å². The zero-order valence-corrected chi connectivity index (χ0v) is 13.4. The fourth-order valence-electron chi connectivity index (χ4n) is 2.52. The van der Waals surface area contributed by atoms with Crippen molar-refractivity contribution in [1.29, 1.82) is 0 Å². The van der Waals surface area contributed by atoms with E-state index in [1.165, 1.54) is 11.3 Å². The van der Waals surface area contributed by atoms with Gasteiger partial charge in [0.05, 0.1) is 18.1 Å². The number of carbonyl (C=O) groups is 2. The fraction of sp³-hybridized carbons (Fsp3) is 0.294. The van der Waals surface area contributed by atoms with E-state index in [0.717, 1.165) is 0 Å². The molecule has 1 atom stereocenters. The average Bonchev–Trinajstić information content (AvgIpc) is 3.15. The van der Waals surface area contributed by atoms with E-state index in [1.54, 1.807) is 18.2 Å². The first kappa shape index (κ1) is 15.9. The van der Waals surface area contributed by atoms with E-state index in [2.05, 4.69) is 5.32 Å². The van der Waals surface area contributed by atoms with Gasteiger partial charge in [0, 0.05) is 18.7 Å². The van der Waals surface area contributed by atoms with E-state index < -0.39 is 6.17 Å². The molecule has 0 spiro atoms. The minimum absolute atomic E-state index is 0.0996. The normalized spacial score (nSPS) is 16.7. The SMILES string of the molecule is O=C(N[C@H](C(=O)c1ccccc1)N1CCOCC1)c1cccs1. The topological polar surface area (TPSA) is 58.6 Å². The van der Waals surface area contributed by atoms with E-state index in [-0.39, 0.29) is 11.7 Å². The van der Waals surface area contributed by atoms with Crippen LogP contribution in [-0.2, 0) is 4.74 Å². The Balaban J connectivity index is 1.81. The van der Waals surface area contributed by atoms with Crippen molar-refractivity contribution in [3.63, 3.8) is 0 Å². The van der Waals surface area contributed by atoms with Gasteiger partial charge in [-0.1, -0.05) is 36.4 Å². The molecule has 120 valence electrons. The van der Waals surface area contributed by atoms with Crippen LogP contribution in [0.5, 0.6) is 0 Å². The first-order chi connectivity index (χ1) is 11.3. The summed E-state index contributed by atoms with van der Waals surface area (Å²) in [6, 6.07) is 12.6. The maximum absolute atomic E-state index is 12.9. The number of Topliss-reactive ketones (excluding diaryl/α,β-unsaturated/α-hetero) is 1. The van der Waals surface area contributed by atoms with Gasteiger partial charge in [0.1, 0.15) is 6.17 Å². The zero-order chi connectivity index (χ0) is 16.1. The van der Waals surface area contributed by atoms with Crippen LogP contribution in [-0.4, -0.2) is 49.1 Å². The number of hydrogen-bond acceptors (Lipinski definition) is 5. The highest BCUT2D eigenvalue weighted by Gasteiger charge is 2.30. The second-order valence-electron chi connectivity index (χ2n) is 5.23. The summed E-state index contributed by atoms with van der Waals surface area (Å²) in [5.74, 6) is -0.321. The van der Waals surface area contributed by atoms with Gasteiger partial charge >= 0.3 is 0 Å². The Labute approximate surface area is 138 Å². The number of morpholine rings is 1. The Morgan fingerprint density at radius 1 is 1.09 bits per heavy atom. The van der Waals surface area contributed by atoms with Crippen LogP contribution in [0.2, 0.25) is 0 Å². The van der Waals surface area contributed by atoms with Gasteiger partial charge < -0.3 is 10.1 Å². The molecule has 0 aliphatic carbocycles. The summed E-state index contributed by atoms with van der Waals surface area (Å²) in [5.41, 5.74) is 0.593. The summed E-state index contributed by atoms with van der Waals surface area (Å²) in [6.45, 7) is 2.36. The van der Waals surface area contributed by atoms with Gasteiger partial charge in [0.2, 0.25) is 0 Å². The number of thiophene rings is 1. The highest BCUT2D eigenvalue weighted by Crippen LogP contribution is 2.13. The summed E-state index contributed by atoms with van der Waals surface area (Å²) < 4.78 is 5.35. The molecule has 1 saturated heterocycles. The van der Waals surface area contributed by atoms with Gasteiger partial charge in [-0.3, -0.25) is 14.5 Å². The molecule has 2 aromatic rings. The number of nitrogens with zero attached hydrogens (tertiary/aromatic N) is 1. The van der Waals surface area contributed by atoms with Gasteiger partial charge in [-0.25, -0.2) is 0 Å². The molecular formula is C17H18N2O3S. The van der Waals surface area contributed by atoms with Crippen LogP contribution in [0.15, 0.2) is 47.8 Å². The largest absolute Gasteiger partial charge is 0.379 e. The predicted octanol–water partition coefficient (Wildman–Crippen LogP) is 2.02. The first-order valence-corrected chi connectivity index (χ1v) is 8.39. The summed E-state index contributed by atoms with van der Waals surface area (Å²) >= 11 is 1.36. The second-order valence-corrected chi connectivity index (χ2v) is 6.18. The molecule has 0 unspecified atom stereocenters. The molecule has 1 aliphatic rings. The van der Waals surface area contributed by atoms with E-state index in [9.17, 15) is 9.59 Å². The van der Waals surface area contributed by atoms with Crippen LogP contribution in [0.4, 0.5) is 0 Å². The molecule has 1 amide bonds. The van der Waals surface area contributed by atoms with Gasteiger partial charge in [-0.05, 0) is 11.4 Å². The van der Waals surface area contributed by atoms with Crippen LogP contribution >= 0.6 is 11.3 Å². The third kappa shape index (κ3) is 3.85. The third-order valence-electron chi connectivity index (χ3n) is 3.73. The molecule has 1 aromatic carbocycles. The van der Waals surface area contributed by atoms with E-state index >= 15 is 0 Å². The molecule has 1 aliphatic heterocycles. The molecule has 3 rings (SSSR count). The van der Waals surface area contributed by atoms with Crippen LogP contribution in [0.25, 0.3) is 0 Å².